The highest BCUT2D eigenvalue weighted by molar-refractivity contribution is 6.15. The Bertz CT molecular complexity index is 789. The van der Waals surface area contributed by atoms with E-state index in [0.717, 1.165) is 6.07 Å². The number of carbonyl (C=O) groups excluding carboxylic acids is 1. The number of aromatic hydroxyl groups is 1. The van der Waals surface area contributed by atoms with Gasteiger partial charge in [-0.2, -0.15) is 13.2 Å². The fourth-order valence-electron chi connectivity index (χ4n) is 2.57. The van der Waals surface area contributed by atoms with Gasteiger partial charge in [0.2, 0.25) is 0 Å². The van der Waals surface area contributed by atoms with E-state index < -0.39 is 11.7 Å². The summed E-state index contributed by atoms with van der Waals surface area (Å²) in [6, 6.07) is 9.55. The average molecular weight is 304 g/mol. The van der Waals surface area contributed by atoms with Gasteiger partial charge in [0.15, 0.2) is 5.78 Å². The predicted molar refractivity (Wildman–Crippen MR) is 75.6 cm³/mol. The van der Waals surface area contributed by atoms with Gasteiger partial charge in [-0.3, -0.25) is 4.79 Å². The Balaban J connectivity index is 2.04. The number of carbonyl (C=O) groups is 1. The van der Waals surface area contributed by atoms with Crippen molar-refractivity contribution < 1.29 is 23.1 Å². The summed E-state index contributed by atoms with van der Waals surface area (Å²) in [6.45, 7) is 0. The number of ketones is 1. The minimum absolute atomic E-state index is 0.0321. The number of Topliss-reactive ketones (excluding diaryl/α,β-unsaturated/α-hetero) is 1. The molecule has 0 bridgehead atoms. The lowest BCUT2D eigenvalue weighted by Gasteiger charge is -2.10. The molecule has 0 radical (unpaired) electrons. The summed E-state index contributed by atoms with van der Waals surface area (Å²) < 4.78 is 39.0. The third-order valence-corrected chi connectivity index (χ3v) is 3.61. The van der Waals surface area contributed by atoms with Crippen LogP contribution in [-0.2, 0) is 12.6 Å². The largest absolute Gasteiger partial charge is 0.508 e. The second-order valence-corrected chi connectivity index (χ2v) is 5.10. The van der Waals surface area contributed by atoms with Crippen molar-refractivity contribution in [3.8, 4) is 5.75 Å². The Labute approximate surface area is 124 Å². The molecule has 0 fully saturated rings. The molecule has 3 rings (SSSR count). The summed E-state index contributed by atoms with van der Waals surface area (Å²) in [5.41, 5.74) is 0.538. The zero-order valence-corrected chi connectivity index (χ0v) is 11.3. The minimum Gasteiger partial charge on any atom is -0.508 e. The number of hydrogen-bond acceptors (Lipinski definition) is 2. The van der Waals surface area contributed by atoms with Crippen LogP contribution < -0.4 is 0 Å². The maximum Gasteiger partial charge on any atom is 0.416 e. The quantitative estimate of drug-likeness (QED) is 0.800. The Morgan fingerprint density at radius 2 is 1.82 bits per heavy atom. The van der Waals surface area contributed by atoms with Crippen LogP contribution in [0, 0.1) is 0 Å². The number of rotatable bonds is 1. The first-order chi connectivity index (χ1) is 10.4. The molecule has 22 heavy (non-hydrogen) atoms. The van der Waals surface area contributed by atoms with Crippen molar-refractivity contribution in [2.75, 3.05) is 0 Å². The second kappa shape index (κ2) is 5.02. The van der Waals surface area contributed by atoms with Crippen molar-refractivity contribution in [2.45, 2.75) is 12.6 Å². The summed E-state index contributed by atoms with van der Waals surface area (Å²) in [4.78, 5) is 12.3. The second-order valence-electron chi connectivity index (χ2n) is 5.10. The zero-order valence-electron chi connectivity index (χ0n) is 11.3. The van der Waals surface area contributed by atoms with Gasteiger partial charge in [-0.15, -0.1) is 0 Å². The molecule has 0 saturated carbocycles. The van der Waals surface area contributed by atoms with Gasteiger partial charge in [0, 0.05) is 17.6 Å². The van der Waals surface area contributed by atoms with Gasteiger partial charge in [0.25, 0.3) is 0 Å². The van der Waals surface area contributed by atoms with Crippen LogP contribution in [0.4, 0.5) is 13.2 Å². The van der Waals surface area contributed by atoms with Crippen molar-refractivity contribution in [3.63, 3.8) is 0 Å². The van der Waals surface area contributed by atoms with Gasteiger partial charge in [-0.25, -0.2) is 0 Å². The summed E-state index contributed by atoms with van der Waals surface area (Å²) in [5.74, 6) is -0.382. The van der Waals surface area contributed by atoms with E-state index in [1.54, 1.807) is 6.07 Å². The number of alkyl halides is 3. The van der Waals surface area contributed by atoms with E-state index in [1.807, 2.05) is 0 Å². The van der Waals surface area contributed by atoms with Gasteiger partial charge in [-0.1, -0.05) is 24.3 Å². The summed E-state index contributed by atoms with van der Waals surface area (Å²) >= 11 is 0. The van der Waals surface area contributed by atoms with Crippen molar-refractivity contribution in [2.24, 2.45) is 0 Å². The molecule has 0 aliphatic heterocycles. The fourth-order valence-corrected chi connectivity index (χ4v) is 2.57. The van der Waals surface area contributed by atoms with Crippen LogP contribution in [0.2, 0.25) is 0 Å². The number of hydrogen-bond donors (Lipinski definition) is 1. The number of phenolic OH excluding ortho intramolecular Hbond substituents is 1. The normalized spacial score (nSPS) is 16.1. The third kappa shape index (κ3) is 2.50. The van der Waals surface area contributed by atoms with Crippen LogP contribution in [0.1, 0.15) is 27.0 Å². The molecular weight excluding hydrogens is 293 g/mol. The molecule has 2 nitrogen and oxygen atoms in total. The fraction of sp³-hybridized carbons (Fsp3) is 0.118. The molecule has 0 saturated heterocycles. The molecule has 0 heterocycles. The highest BCUT2D eigenvalue weighted by Gasteiger charge is 2.33. The number of allylic oxidation sites excluding steroid dienone is 1. The van der Waals surface area contributed by atoms with E-state index in [4.69, 9.17) is 0 Å². The van der Waals surface area contributed by atoms with Gasteiger partial charge >= 0.3 is 6.18 Å². The zero-order chi connectivity index (χ0) is 15.9. The highest BCUT2D eigenvalue weighted by Crippen LogP contribution is 2.35. The number of fused-ring (bicyclic) bond motifs is 1. The van der Waals surface area contributed by atoms with E-state index >= 15 is 0 Å². The first-order valence-electron chi connectivity index (χ1n) is 6.59. The molecule has 1 aliphatic carbocycles. The first-order valence-corrected chi connectivity index (χ1v) is 6.59. The first kappa shape index (κ1) is 14.4. The standard InChI is InChI=1S/C17H11F3O2/c18-17(19,20)15-4-2-1-3-11(15)8-12-7-10-5-6-13(21)9-14(10)16(12)22/h1-6,8-9,21H,7H2. The van der Waals surface area contributed by atoms with Crippen LogP contribution in [0.25, 0.3) is 6.08 Å². The Morgan fingerprint density at radius 1 is 1.09 bits per heavy atom. The van der Waals surface area contributed by atoms with Crippen LogP contribution in [-0.4, -0.2) is 10.9 Å². The average Bonchev–Trinajstić information content (AvgIpc) is 2.75. The van der Waals surface area contributed by atoms with Crippen LogP contribution in [0.5, 0.6) is 5.75 Å². The van der Waals surface area contributed by atoms with E-state index in [0.29, 0.717) is 11.1 Å². The topological polar surface area (TPSA) is 37.3 Å². The molecule has 5 heteroatoms. The van der Waals surface area contributed by atoms with Gasteiger partial charge in [0.1, 0.15) is 5.75 Å². The third-order valence-electron chi connectivity index (χ3n) is 3.61. The smallest absolute Gasteiger partial charge is 0.416 e. The molecule has 112 valence electrons. The summed E-state index contributed by atoms with van der Waals surface area (Å²) in [7, 11) is 0. The van der Waals surface area contributed by atoms with Gasteiger partial charge in [0.05, 0.1) is 5.56 Å². The van der Waals surface area contributed by atoms with Crippen molar-refractivity contribution in [1.29, 1.82) is 0 Å². The molecule has 0 aromatic heterocycles. The molecule has 0 amide bonds. The lowest BCUT2D eigenvalue weighted by atomic mass is 10.0. The SMILES string of the molecule is O=C1C(=Cc2ccccc2C(F)(F)F)Cc2ccc(O)cc21. The van der Waals surface area contributed by atoms with Crippen LogP contribution in [0.15, 0.2) is 48.0 Å². The molecule has 0 spiro atoms. The minimum atomic E-state index is -4.47. The highest BCUT2D eigenvalue weighted by atomic mass is 19.4. The molecule has 2 aromatic rings. The van der Waals surface area contributed by atoms with Crippen molar-refractivity contribution in [3.05, 3.63) is 70.3 Å². The van der Waals surface area contributed by atoms with Crippen molar-refractivity contribution >= 4 is 11.9 Å². The maximum absolute atomic E-state index is 13.0. The molecular formula is C17H11F3O2. The lowest BCUT2D eigenvalue weighted by molar-refractivity contribution is -0.137. The lowest BCUT2D eigenvalue weighted by Crippen LogP contribution is -2.07. The Morgan fingerprint density at radius 3 is 2.55 bits per heavy atom. The Kier molecular flexibility index (Phi) is 3.28. The van der Waals surface area contributed by atoms with Crippen LogP contribution >= 0.6 is 0 Å². The Hall–Kier alpha value is -2.56. The van der Waals surface area contributed by atoms with E-state index in [9.17, 15) is 23.1 Å². The number of phenols is 1. The van der Waals surface area contributed by atoms with Crippen molar-refractivity contribution in [1.82, 2.24) is 0 Å². The summed E-state index contributed by atoms with van der Waals surface area (Å²) in [5, 5.41) is 9.42. The monoisotopic (exact) mass is 304 g/mol. The molecule has 0 atom stereocenters. The predicted octanol–water partition coefficient (Wildman–Crippen LogP) is 4.23. The molecule has 1 N–H and O–H groups in total. The maximum atomic E-state index is 13.0. The van der Waals surface area contributed by atoms with E-state index in [2.05, 4.69) is 0 Å². The van der Waals surface area contributed by atoms with E-state index in [-0.39, 0.29) is 29.1 Å². The number of halogens is 3. The molecule has 2 aromatic carbocycles. The summed E-state index contributed by atoms with van der Waals surface area (Å²) in [6.07, 6.45) is -2.93. The van der Waals surface area contributed by atoms with E-state index in [1.165, 1.54) is 36.4 Å². The molecule has 0 unspecified atom stereocenters. The van der Waals surface area contributed by atoms with Gasteiger partial charge < -0.3 is 5.11 Å². The number of benzene rings is 2. The van der Waals surface area contributed by atoms with Gasteiger partial charge in [-0.05, 0) is 35.4 Å². The molecule has 1 aliphatic rings. The van der Waals surface area contributed by atoms with Crippen LogP contribution in [0.3, 0.4) is 0 Å².